The molecular formula is C14H15BrN2O3S. The highest BCUT2D eigenvalue weighted by atomic mass is 79.9. The molecule has 2 rings (SSSR count). The molecule has 1 heterocycles. The molecule has 112 valence electrons. The van der Waals surface area contributed by atoms with E-state index in [4.69, 9.17) is 9.15 Å². The lowest BCUT2D eigenvalue weighted by atomic mass is 10.2. The van der Waals surface area contributed by atoms with Gasteiger partial charge in [0.05, 0.1) is 5.56 Å². The number of rotatable bonds is 4. The number of benzene rings is 1. The second-order valence-electron chi connectivity index (χ2n) is 5.23. The van der Waals surface area contributed by atoms with Gasteiger partial charge in [0.2, 0.25) is 5.89 Å². The van der Waals surface area contributed by atoms with Gasteiger partial charge in [0.25, 0.3) is 5.22 Å². The maximum absolute atomic E-state index is 11.6. The molecule has 0 atom stereocenters. The highest BCUT2D eigenvalue weighted by Crippen LogP contribution is 2.29. The third-order valence-electron chi connectivity index (χ3n) is 2.24. The summed E-state index contributed by atoms with van der Waals surface area (Å²) in [4.78, 5) is 11.6. The van der Waals surface area contributed by atoms with Crippen molar-refractivity contribution in [3.63, 3.8) is 0 Å². The molecule has 0 saturated heterocycles. The van der Waals surface area contributed by atoms with Crippen LogP contribution in [0.15, 0.2) is 38.4 Å². The molecule has 0 unspecified atom stereocenters. The van der Waals surface area contributed by atoms with Crippen LogP contribution in [-0.4, -0.2) is 27.5 Å². The maximum Gasteiger partial charge on any atom is 0.316 e. The molecule has 21 heavy (non-hydrogen) atoms. The van der Waals surface area contributed by atoms with Gasteiger partial charge in [-0.1, -0.05) is 23.9 Å². The zero-order chi connectivity index (χ0) is 15.5. The fraction of sp³-hybridized carbons (Fsp3) is 0.357. The van der Waals surface area contributed by atoms with Crippen LogP contribution in [0.3, 0.4) is 0 Å². The van der Waals surface area contributed by atoms with Gasteiger partial charge in [-0.2, -0.15) is 0 Å². The molecule has 0 aliphatic carbocycles. The lowest BCUT2D eigenvalue weighted by Gasteiger charge is -2.18. The van der Waals surface area contributed by atoms with Gasteiger partial charge in [0, 0.05) is 4.47 Å². The van der Waals surface area contributed by atoms with Crippen molar-refractivity contribution >= 4 is 33.7 Å². The van der Waals surface area contributed by atoms with Gasteiger partial charge in [-0.25, -0.2) is 0 Å². The minimum atomic E-state index is -0.494. The first kappa shape index (κ1) is 16.0. The Kier molecular flexibility index (Phi) is 5.05. The number of carbonyl (C=O) groups excluding carboxylic acids is 1. The average Bonchev–Trinajstić information content (AvgIpc) is 2.83. The van der Waals surface area contributed by atoms with E-state index in [1.807, 2.05) is 45.0 Å². The van der Waals surface area contributed by atoms with E-state index >= 15 is 0 Å². The number of nitrogens with zero attached hydrogens (tertiary/aromatic N) is 2. The van der Waals surface area contributed by atoms with Gasteiger partial charge in [-0.05, 0) is 48.8 Å². The number of hydrogen-bond acceptors (Lipinski definition) is 6. The topological polar surface area (TPSA) is 65.2 Å². The van der Waals surface area contributed by atoms with Gasteiger partial charge in [-0.15, -0.1) is 10.2 Å². The monoisotopic (exact) mass is 370 g/mol. The standard InChI is InChI=1S/C14H15BrN2O3S/c1-14(2,3)20-11(18)8-21-13-17-16-12(19-13)9-6-4-5-7-10(9)15/h4-7H,8H2,1-3H3. The predicted octanol–water partition coefficient (Wildman–Crippen LogP) is 3.93. The summed E-state index contributed by atoms with van der Waals surface area (Å²) in [5.41, 5.74) is 0.320. The number of aromatic nitrogens is 2. The summed E-state index contributed by atoms with van der Waals surface area (Å²) in [7, 11) is 0. The fourth-order valence-electron chi connectivity index (χ4n) is 1.50. The van der Waals surface area contributed by atoms with Crippen LogP contribution in [0, 0.1) is 0 Å². The zero-order valence-electron chi connectivity index (χ0n) is 11.9. The molecule has 0 N–H and O–H groups in total. The van der Waals surface area contributed by atoms with Crippen LogP contribution >= 0.6 is 27.7 Å². The maximum atomic E-state index is 11.6. The molecule has 0 amide bonds. The third kappa shape index (κ3) is 4.86. The van der Waals surface area contributed by atoms with Crippen LogP contribution in [-0.2, 0) is 9.53 Å². The molecule has 0 bridgehead atoms. The van der Waals surface area contributed by atoms with Crippen molar-refractivity contribution in [2.24, 2.45) is 0 Å². The zero-order valence-corrected chi connectivity index (χ0v) is 14.3. The van der Waals surface area contributed by atoms with Crippen molar-refractivity contribution in [3.05, 3.63) is 28.7 Å². The van der Waals surface area contributed by atoms with Gasteiger partial charge in [0.1, 0.15) is 11.4 Å². The Morgan fingerprint density at radius 3 is 2.71 bits per heavy atom. The van der Waals surface area contributed by atoms with E-state index < -0.39 is 5.60 Å². The molecule has 0 spiro atoms. The Hall–Kier alpha value is -1.34. The summed E-state index contributed by atoms with van der Waals surface area (Å²) in [6.07, 6.45) is 0. The molecule has 1 aromatic carbocycles. The highest BCUT2D eigenvalue weighted by Gasteiger charge is 2.18. The summed E-state index contributed by atoms with van der Waals surface area (Å²) in [6, 6.07) is 7.56. The number of esters is 1. The molecule has 0 aliphatic heterocycles. The first-order valence-electron chi connectivity index (χ1n) is 6.28. The van der Waals surface area contributed by atoms with Crippen molar-refractivity contribution in [3.8, 4) is 11.5 Å². The SMILES string of the molecule is CC(C)(C)OC(=O)CSc1nnc(-c2ccccc2Br)o1. The van der Waals surface area contributed by atoms with Gasteiger partial charge < -0.3 is 9.15 Å². The van der Waals surface area contributed by atoms with Gasteiger partial charge in [0.15, 0.2) is 0 Å². The summed E-state index contributed by atoms with van der Waals surface area (Å²) in [6.45, 7) is 5.48. The Morgan fingerprint density at radius 2 is 2.05 bits per heavy atom. The molecule has 1 aromatic heterocycles. The molecule has 0 saturated carbocycles. The van der Waals surface area contributed by atoms with Crippen LogP contribution in [0.1, 0.15) is 20.8 Å². The molecule has 7 heteroatoms. The third-order valence-corrected chi connectivity index (χ3v) is 3.73. The van der Waals surface area contributed by atoms with Crippen molar-refractivity contribution in [2.75, 3.05) is 5.75 Å². The lowest BCUT2D eigenvalue weighted by molar-refractivity contribution is -0.151. The van der Waals surface area contributed by atoms with E-state index in [-0.39, 0.29) is 11.7 Å². The predicted molar refractivity (Wildman–Crippen MR) is 84.0 cm³/mol. The molecule has 0 radical (unpaired) electrons. The van der Waals surface area contributed by atoms with E-state index in [1.165, 1.54) is 0 Å². The van der Waals surface area contributed by atoms with Crippen molar-refractivity contribution in [1.82, 2.24) is 10.2 Å². The second-order valence-corrected chi connectivity index (χ2v) is 7.01. The molecule has 0 aliphatic rings. The van der Waals surface area contributed by atoms with Crippen LogP contribution < -0.4 is 0 Å². The van der Waals surface area contributed by atoms with E-state index in [2.05, 4.69) is 26.1 Å². The Labute approximate surface area is 135 Å². The number of hydrogen-bond donors (Lipinski definition) is 0. The number of thioether (sulfide) groups is 1. The summed E-state index contributed by atoms with van der Waals surface area (Å²) >= 11 is 4.59. The Bertz CT molecular complexity index is 637. The van der Waals surface area contributed by atoms with Crippen molar-refractivity contribution in [2.45, 2.75) is 31.6 Å². The minimum absolute atomic E-state index is 0.134. The summed E-state index contributed by atoms with van der Waals surface area (Å²) in [5.74, 6) is 0.233. The van der Waals surface area contributed by atoms with Crippen LogP contribution in [0.5, 0.6) is 0 Å². The fourth-order valence-corrected chi connectivity index (χ4v) is 2.49. The van der Waals surface area contributed by atoms with Gasteiger partial charge >= 0.3 is 5.97 Å². The quantitative estimate of drug-likeness (QED) is 0.599. The summed E-state index contributed by atoms with van der Waals surface area (Å²) in [5, 5.41) is 8.24. The van der Waals surface area contributed by atoms with Gasteiger partial charge in [-0.3, -0.25) is 4.79 Å². The number of halogens is 1. The van der Waals surface area contributed by atoms with E-state index in [0.29, 0.717) is 11.1 Å². The number of ether oxygens (including phenoxy) is 1. The van der Waals surface area contributed by atoms with E-state index in [0.717, 1.165) is 21.8 Å². The molecule has 5 nitrogen and oxygen atoms in total. The molecule has 0 fully saturated rings. The van der Waals surface area contributed by atoms with Crippen LogP contribution in [0.4, 0.5) is 0 Å². The highest BCUT2D eigenvalue weighted by molar-refractivity contribution is 9.10. The smallest absolute Gasteiger partial charge is 0.316 e. The molecule has 2 aromatic rings. The first-order valence-corrected chi connectivity index (χ1v) is 8.06. The number of carbonyl (C=O) groups is 1. The Morgan fingerprint density at radius 1 is 1.33 bits per heavy atom. The van der Waals surface area contributed by atoms with Crippen LogP contribution in [0.25, 0.3) is 11.5 Å². The summed E-state index contributed by atoms with van der Waals surface area (Å²) < 4.78 is 11.6. The lowest BCUT2D eigenvalue weighted by Crippen LogP contribution is -2.24. The minimum Gasteiger partial charge on any atom is -0.459 e. The normalized spacial score (nSPS) is 11.4. The second kappa shape index (κ2) is 6.62. The van der Waals surface area contributed by atoms with E-state index in [1.54, 1.807) is 0 Å². The largest absolute Gasteiger partial charge is 0.459 e. The van der Waals surface area contributed by atoms with E-state index in [9.17, 15) is 4.79 Å². The first-order chi connectivity index (χ1) is 9.85. The average molecular weight is 371 g/mol. The van der Waals surface area contributed by atoms with Crippen molar-refractivity contribution in [1.29, 1.82) is 0 Å². The van der Waals surface area contributed by atoms with Crippen molar-refractivity contribution < 1.29 is 13.9 Å². The molecular weight excluding hydrogens is 356 g/mol. The Balaban J connectivity index is 1.98. The van der Waals surface area contributed by atoms with Crippen LogP contribution in [0.2, 0.25) is 0 Å².